The van der Waals surface area contributed by atoms with Crippen molar-refractivity contribution in [2.45, 2.75) is 5.16 Å². The molecule has 172 valence electrons. The van der Waals surface area contributed by atoms with E-state index in [9.17, 15) is 19.7 Å². The summed E-state index contributed by atoms with van der Waals surface area (Å²) in [5.74, 6) is -0.128. The maximum absolute atomic E-state index is 13.4. The van der Waals surface area contributed by atoms with Crippen molar-refractivity contribution in [2.75, 3.05) is 18.2 Å². The molecule has 4 rings (SSSR count). The third-order valence-corrected chi connectivity index (χ3v) is 6.11. The monoisotopic (exact) mass is 496 g/mol. The van der Waals surface area contributed by atoms with Crippen LogP contribution in [0, 0.1) is 10.1 Å². The van der Waals surface area contributed by atoms with Gasteiger partial charge in [0.05, 0.1) is 45.1 Å². The Morgan fingerprint density at radius 1 is 1.18 bits per heavy atom. The van der Waals surface area contributed by atoms with Crippen molar-refractivity contribution in [3.05, 3.63) is 92.2 Å². The van der Waals surface area contributed by atoms with E-state index in [-0.39, 0.29) is 32.9 Å². The van der Waals surface area contributed by atoms with Crippen molar-refractivity contribution in [3.63, 3.8) is 0 Å². The Morgan fingerprint density at radius 3 is 2.68 bits per heavy atom. The van der Waals surface area contributed by atoms with Gasteiger partial charge < -0.3 is 10.1 Å². The number of nitrogens with one attached hydrogen (secondary N) is 1. The molecule has 0 aliphatic rings. The summed E-state index contributed by atoms with van der Waals surface area (Å²) in [6.45, 7) is 0. The van der Waals surface area contributed by atoms with Crippen LogP contribution < -0.4 is 15.6 Å². The van der Waals surface area contributed by atoms with Crippen LogP contribution in [-0.4, -0.2) is 33.2 Å². The van der Waals surface area contributed by atoms with Crippen molar-refractivity contribution in [1.29, 1.82) is 0 Å². The summed E-state index contributed by atoms with van der Waals surface area (Å²) < 4.78 is 6.83. The highest BCUT2D eigenvalue weighted by Gasteiger charge is 2.18. The third-order valence-electron chi connectivity index (χ3n) is 4.84. The average Bonchev–Trinajstić information content (AvgIpc) is 2.84. The quantitative estimate of drug-likeness (QED) is 0.171. The standard InChI is InChI=1S/C23H17ClN4O5S/c1-33-20-9-5-4-8-19(20)27-22(30)15-6-2-3-7-17(15)26-23(27)34-13-21(29)25-18-12-14(28(31)32)10-11-16(18)24/h2-12H,13H2,1H3,(H,25,29). The minimum absolute atomic E-state index is 0.120. The number of ether oxygens (including phenoxy) is 1. The van der Waals surface area contributed by atoms with Gasteiger partial charge in [-0.05, 0) is 30.3 Å². The highest BCUT2D eigenvalue weighted by molar-refractivity contribution is 7.99. The lowest BCUT2D eigenvalue weighted by Gasteiger charge is -2.15. The Morgan fingerprint density at radius 2 is 1.91 bits per heavy atom. The van der Waals surface area contributed by atoms with Gasteiger partial charge in [-0.15, -0.1) is 0 Å². The Hall–Kier alpha value is -3.89. The van der Waals surface area contributed by atoms with E-state index in [4.69, 9.17) is 16.3 Å². The largest absolute Gasteiger partial charge is 0.495 e. The zero-order valence-electron chi connectivity index (χ0n) is 17.7. The number of para-hydroxylation sites is 3. The molecule has 3 aromatic carbocycles. The summed E-state index contributed by atoms with van der Waals surface area (Å²) in [6.07, 6.45) is 0. The number of carbonyl (C=O) groups excluding carboxylic acids is 1. The van der Waals surface area contributed by atoms with Crippen LogP contribution in [0.2, 0.25) is 5.02 Å². The molecular weight excluding hydrogens is 480 g/mol. The van der Waals surface area contributed by atoms with Crippen molar-refractivity contribution >= 4 is 51.5 Å². The van der Waals surface area contributed by atoms with E-state index in [1.165, 1.54) is 29.9 Å². The number of amides is 1. The van der Waals surface area contributed by atoms with E-state index in [1.807, 2.05) is 0 Å². The number of benzene rings is 3. The zero-order valence-corrected chi connectivity index (χ0v) is 19.3. The number of methoxy groups -OCH3 is 1. The van der Waals surface area contributed by atoms with Gasteiger partial charge in [-0.1, -0.05) is 47.6 Å². The van der Waals surface area contributed by atoms with Crippen LogP contribution in [0.15, 0.2) is 76.7 Å². The number of carbonyl (C=O) groups is 1. The van der Waals surface area contributed by atoms with Crippen LogP contribution in [0.25, 0.3) is 16.6 Å². The van der Waals surface area contributed by atoms with Crippen LogP contribution in [0.1, 0.15) is 0 Å². The van der Waals surface area contributed by atoms with Crippen molar-refractivity contribution in [3.8, 4) is 11.4 Å². The Bertz CT molecular complexity index is 1470. The highest BCUT2D eigenvalue weighted by Crippen LogP contribution is 2.29. The lowest BCUT2D eigenvalue weighted by molar-refractivity contribution is -0.384. The number of nitro groups is 1. The van der Waals surface area contributed by atoms with E-state index >= 15 is 0 Å². The van der Waals surface area contributed by atoms with Gasteiger partial charge in [0.15, 0.2) is 5.16 Å². The van der Waals surface area contributed by atoms with E-state index < -0.39 is 10.8 Å². The summed E-state index contributed by atoms with van der Waals surface area (Å²) in [4.78, 5) is 41.0. The molecule has 0 fully saturated rings. The number of hydrogen-bond donors (Lipinski definition) is 1. The van der Waals surface area contributed by atoms with Crippen LogP contribution >= 0.6 is 23.4 Å². The SMILES string of the molecule is COc1ccccc1-n1c(SCC(=O)Nc2cc([N+](=O)[O-])ccc2Cl)nc2ccccc2c1=O. The third kappa shape index (κ3) is 4.73. The first-order chi connectivity index (χ1) is 16.4. The van der Waals surface area contributed by atoms with Gasteiger partial charge in [-0.2, -0.15) is 0 Å². The molecule has 1 aromatic heterocycles. The van der Waals surface area contributed by atoms with Gasteiger partial charge in [-0.3, -0.25) is 24.3 Å². The van der Waals surface area contributed by atoms with Crippen molar-refractivity contribution in [2.24, 2.45) is 0 Å². The summed E-state index contributed by atoms with van der Waals surface area (Å²) >= 11 is 7.11. The molecule has 11 heteroatoms. The fourth-order valence-corrected chi connectivity index (χ4v) is 4.25. The normalized spacial score (nSPS) is 10.8. The number of thioether (sulfide) groups is 1. The zero-order chi connectivity index (χ0) is 24.2. The second-order valence-corrected chi connectivity index (χ2v) is 8.33. The van der Waals surface area contributed by atoms with Crippen LogP contribution in [0.3, 0.4) is 0 Å². The molecule has 34 heavy (non-hydrogen) atoms. The molecule has 1 N–H and O–H groups in total. The number of anilines is 1. The number of halogens is 1. The predicted molar refractivity (Wildman–Crippen MR) is 131 cm³/mol. The van der Waals surface area contributed by atoms with E-state index in [0.29, 0.717) is 22.3 Å². The van der Waals surface area contributed by atoms with Gasteiger partial charge in [-0.25, -0.2) is 4.98 Å². The summed E-state index contributed by atoms with van der Waals surface area (Å²) in [5, 5.41) is 14.5. The summed E-state index contributed by atoms with van der Waals surface area (Å²) in [6, 6.07) is 17.7. The first kappa shape index (κ1) is 23.3. The molecule has 0 spiro atoms. The van der Waals surface area contributed by atoms with E-state index in [1.54, 1.807) is 48.5 Å². The first-order valence-electron chi connectivity index (χ1n) is 9.91. The van der Waals surface area contributed by atoms with Crippen LogP contribution in [-0.2, 0) is 4.79 Å². The fourth-order valence-electron chi connectivity index (χ4n) is 3.28. The number of non-ortho nitro benzene ring substituents is 1. The maximum Gasteiger partial charge on any atom is 0.271 e. The molecule has 1 amide bonds. The first-order valence-corrected chi connectivity index (χ1v) is 11.3. The number of hydrogen-bond acceptors (Lipinski definition) is 7. The van der Waals surface area contributed by atoms with Gasteiger partial charge in [0, 0.05) is 12.1 Å². The molecular formula is C23H17ClN4O5S. The van der Waals surface area contributed by atoms with Crippen LogP contribution in [0.5, 0.6) is 5.75 Å². The average molecular weight is 497 g/mol. The number of rotatable bonds is 7. The van der Waals surface area contributed by atoms with Gasteiger partial charge in [0.25, 0.3) is 11.2 Å². The van der Waals surface area contributed by atoms with Gasteiger partial charge >= 0.3 is 0 Å². The van der Waals surface area contributed by atoms with Crippen molar-refractivity contribution < 1.29 is 14.5 Å². The van der Waals surface area contributed by atoms with Crippen molar-refractivity contribution in [1.82, 2.24) is 9.55 Å². The number of nitro benzene ring substituents is 1. The molecule has 9 nitrogen and oxygen atoms in total. The number of aromatic nitrogens is 2. The lowest BCUT2D eigenvalue weighted by Crippen LogP contribution is -2.23. The summed E-state index contributed by atoms with van der Waals surface area (Å²) in [7, 11) is 1.50. The Balaban J connectivity index is 1.68. The second kappa shape index (κ2) is 9.94. The topological polar surface area (TPSA) is 116 Å². The lowest BCUT2D eigenvalue weighted by atomic mass is 10.2. The van der Waals surface area contributed by atoms with Gasteiger partial charge in [0.2, 0.25) is 5.91 Å². The van der Waals surface area contributed by atoms with E-state index in [0.717, 1.165) is 11.8 Å². The minimum atomic E-state index is -0.578. The molecule has 0 saturated carbocycles. The number of fused-ring (bicyclic) bond motifs is 1. The van der Waals surface area contributed by atoms with E-state index in [2.05, 4.69) is 10.3 Å². The minimum Gasteiger partial charge on any atom is -0.495 e. The molecule has 0 atom stereocenters. The van der Waals surface area contributed by atoms with Gasteiger partial charge in [0.1, 0.15) is 5.75 Å². The maximum atomic E-state index is 13.4. The number of nitrogens with zero attached hydrogens (tertiary/aromatic N) is 3. The molecule has 4 aromatic rings. The van der Waals surface area contributed by atoms with Crippen LogP contribution in [0.4, 0.5) is 11.4 Å². The molecule has 0 aliphatic carbocycles. The Kier molecular flexibility index (Phi) is 6.80. The predicted octanol–water partition coefficient (Wildman–Crippen LogP) is 4.69. The molecule has 0 bridgehead atoms. The summed E-state index contributed by atoms with van der Waals surface area (Å²) in [5.41, 5.74) is 0.588. The molecule has 1 heterocycles. The molecule has 0 aliphatic heterocycles. The fraction of sp³-hybridized carbons (Fsp3) is 0.0870. The molecule has 0 saturated heterocycles. The molecule has 0 radical (unpaired) electrons. The highest BCUT2D eigenvalue weighted by atomic mass is 35.5. The molecule has 0 unspecified atom stereocenters. The second-order valence-electron chi connectivity index (χ2n) is 6.98. The smallest absolute Gasteiger partial charge is 0.271 e. The Labute approximate surface area is 202 Å².